The first-order valence-electron chi connectivity index (χ1n) is 11.0. The van der Waals surface area contributed by atoms with E-state index in [0.29, 0.717) is 18.3 Å². The number of rotatable bonds is 3. The van der Waals surface area contributed by atoms with E-state index in [9.17, 15) is 25.2 Å². The number of fused-ring (bicyclic) bond motifs is 2. The van der Waals surface area contributed by atoms with Gasteiger partial charge in [-0.25, -0.2) is 0 Å². The van der Waals surface area contributed by atoms with E-state index in [0.717, 1.165) is 32.1 Å². The Balaban J connectivity index is 1.68. The lowest BCUT2D eigenvalue weighted by Crippen LogP contribution is -2.57. The summed E-state index contributed by atoms with van der Waals surface area (Å²) in [6.07, 6.45) is 7.93. The van der Waals surface area contributed by atoms with Gasteiger partial charge in [0.05, 0.1) is 24.2 Å². The number of carboxylic acid groups (broad SMARTS) is 1. The lowest BCUT2D eigenvalue weighted by atomic mass is 9.56. The van der Waals surface area contributed by atoms with E-state index in [-0.39, 0.29) is 42.5 Å². The Morgan fingerprint density at radius 3 is 2.57 bits per heavy atom. The van der Waals surface area contributed by atoms with Crippen LogP contribution in [0.4, 0.5) is 0 Å². The van der Waals surface area contributed by atoms with Crippen molar-refractivity contribution in [2.75, 3.05) is 0 Å². The molecule has 0 aromatic rings. The first kappa shape index (κ1) is 20.3. The van der Waals surface area contributed by atoms with E-state index in [1.165, 1.54) is 0 Å². The monoisotopic (exact) mass is 394 g/mol. The average Bonchev–Trinajstić information content (AvgIpc) is 2.66. The molecular weight excluding hydrogens is 360 g/mol. The summed E-state index contributed by atoms with van der Waals surface area (Å²) in [5.74, 6) is -0.824. The molecule has 1 heterocycles. The molecule has 0 bridgehead atoms. The van der Waals surface area contributed by atoms with E-state index in [2.05, 4.69) is 6.92 Å². The zero-order valence-electron chi connectivity index (χ0n) is 16.6. The maximum Gasteiger partial charge on any atom is 0.307 e. The number of carbonyl (C=O) groups is 1. The topological polar surface area (TPSA) is 107 Å². The molecule has 0 radical (unpaired) electrons. The van der Waals surface area contributed by atoms with Crippen LogP contribution in [-0.4, -0.2) is 51.0 Å². The number of ether oxygens (including phenoxy) is 1. The number of carboxylic acids is 1. The normalized spacial score (nSPS) is 48.8. The average molecular weight is 395 g/mol. The predicted octanol–water partition coefficient (Wildman–Crippen LogP) is 2.17. The zero-order valence-corrected chi connectivity index (χ0v) is 16.6. The van der Waals surface area contributed by atoms with Crippen molar-refractivity contribution in [1.29, 1.82) is 0 Å². The minimum atomic E-state index is -1.52. The number of aliphatic carboxylic acids is 1. The molecule has 3 aliphatic carbocycles. The minimum absolute atomic E-state index is 0.000416. The van der Waals surface area contributed by atoms with Gasteiger partial charge in [0.1, 0.15) is 0 Å². The smallest absolute Gasteiger partial charge is 0.307 e. The molecule has 0 aromatic carbocycles. The molecule has 6 nitrogen and oxygen atoms in total. The van der Waals surface area contributed by atoms with Gasteiger partial charge in [0, 0.05) is 5.92 Å². The number of hydrogen-bond acceptors (Lipinski definition) is 5. The first-order chi connectivity index (χ1) is 13.4. The molecule has 4 aliphatic rings. The second-order valence-corrected chi connectivity index (χ2v) is 9.64. The Hall–Kier alpha value is -0.950. The third-order valence-electron chi connectivity index (χ3n) is 8.03. The van der Waals surface area contributed by atoms with E-state index >= 15 is 0 Å². The molecule has 0 spiro atoms. The summed E-state index contributed by atoms with van der Waals surface area (Å²) in [5.41, 5.74) is 0. The Morgan fingerprint density at radius 1 is 1.07 bits per heavy atom. The van der Waals surface area contributed by atoms with Crippen LogP contribution in [0.15, 0.2) is 12.2 Å². The van der Waals surface area contributed by atoms with Crippen LogP contribution in [0.5, 0.6) is 0 Å². The van der Waals surface area contributed by atoms with Crippen molar-refractivity contribution >= 4 is 5.97 Å². The second-order valence-electron chi connectivity index (χ2n) is 9.64. The molecule has 4 N–H and O–H groups in total. The molecule has 6 heteroatoms. The quantitative estimate of drug-likeness (QED) is 0.432. The molecule has 3 fully saturated rings. The summed E-state index contributed by atoms with van der Waals surface area (Å²) in [6.45, 7) is 2.23. The van der Waals surface area contributed by atoms with Crippen LogP contribution in [0.25, 0.3) is 0 Å². The Labute approximate surface area is 166 Å². The van der Waals surface area contributed by atoms with Crippen LogP contribution in [0.3, 0.4) is 0 Å². The van der Waals surface area contributed by atoms with Gasteiger partial charge in [0.15, 0.2) is 6.29 Å². The molecular formula is C22H34O6. The van der Waals surface area contributed by atoms with Crippen LogP contribution in [0.1, 0.15) is 51.9 Å². The summed E-state index contributed by atoms with van der Waals surface area (Å²) in [4.78, 5) is 12.1. The van der Waals surface area contributed by atoms with Crippen molar-refractivity contribution in [3.8, 4) is 0 Å². The van der Waals surface area contributed by atoms with Gasteiger partial charge in [-0.3, -0.25) is 4.79 Å². The molecule has 158 valence electrons. The summed E-state index contributed by atoms with van der Waals surface area (Å²) in [5, 5.41) is 39.3. The van der Waals surface area contributed by atoms with Crippen molar-refractivity contribution in [2.24, 2.45) is 41.4 Å². The van der Waals surface area contributed by atoms with E-state index in [1.54, 1.807) is 0 Å². The lowest BCUT2D eigenvalue weighted by Gasteiger charge is -2.56. The SMILES string of the molecule is C[C@H]1CCCC2C([C@@H]3C=CC(C(O)O)CC3C(=O)O)C3CCC(O)C[C@H]3OC21. The van der Waals surface area contributed by atoms with Gasteiger partial charge in [-0.1, -0.05) is 25.5 Å². The van der Waals surface area contributed by atoms with Gasteiger partial charge < -0.3 is 25.2 Å². The highest BCUT2D eigenvalue weighted by molar-refractivity contribution is 5.71. The van der Waals surface area contributed by atoms with Crippen molar-refractivity contribution in [3.63, 3.8) is 0 Å². The Kier molecular flexibility index (Phi) is 5.85. The molecule has 0 aromatic heterocycles. The maximum atomic E-state index is 12.1. The van der Waals surface area contributed by atoms with E-state index in [4.69, 9.17) is 4.74 Å². The van der Waals surface area contributed by atoms with Gasteiger partial charge in [0.25, 0.3) is 0 Å². The molecule has 2 saturated carbocycles. The van der Waals surface area contributed by atoms with E-state index in [1.807, 2.05) is 12.2 Å². The molecule has 10 atom stereocenters. The minimum Gasteiger partial charge on any atom is -0.481 e. The van der Waals surface area contributed by atoms with Gasteiger partial charge in [-0.15, -0.1) is 0 Å². The fourth-order valence-corrected chi connectivity index (χ4v) is 6.71. The molecule has 0 amide bonds. The van der Waals surface area contributed by atoms with Crippen LogP contribution >= 0.6 is 0 Å². The fourth-order valence-electron chi connectivity index (χ4n) is 6.71. The highest BCUT2D eigenvalue weighted by Gasteiger charge is 2.54. The van der Waals surface area contributed by atoms with Gasteiger partial charge in [-0.05, 0) is 68.1 Å². The third-order valence-corrected chi connectivity index (χ3v) is 8.03. The summed E-state index contributed by atoms with van der Waals surface area (Å²) < 4.78 is 6.54. The zero-order chi connectivity index (χ0) is 20.0. The number of allylic oxidation sites excluding steroid dienone is 1. The largest absolute Gasteiger partial charge is 0.481 e. The van der Waals surface area contributed by atoms with Gasteiger partial charge in [0.2, 0.25) is 0 Å². The van der Waals surface area contributed by atoms with E-state index < -0.39 is 24.1 Å². The Bertz CT molecular complexity index is 604. The third kappa shape index (κ3) is 3.64. The first-order valence-corrected chi connectivity index (χ1v) is 11.0. The number of aliphatic hydroxyl groups excluding tert-OH is 2. The Morgan fingerprint density at radius 2 is 1.86 bits per heavy atom. The maximum absolute atomic E-state index is 12.1. The van der Waals surface area contributed by atoms with Crippen molar-refractivity contribution in [2.45, 2.75) is 76.5 Å². The highest BCUT2D eigenvalue weighted by atomic mass is 16.5. The van der Waals surface area contributed by atoms with Crippen molar-refractivity contribution < 1.29 is 30.0 Å². The summed E-state index contributed by atoms with van der Waals surface area (Å²) in [7, 11) is 0. The van der Waals surface area contributed by atoms with Crippen molar-refractivity contribution in [1.82, 2.24) is 0 Å². The van der Waals surface area contributed by atoms with Crippen LogP contribution in [0.2, 0.25) is 0 Å². The fraction of sp³-hybridized carbons (Fsp3) is 0.864. The van der Waals surface area contributed by atoms with Gasteiger partial charge >= 0.3 is 5.97 Å². The molecule has 7 unspecified atom stereocenters. The molecule has 28 heavy (non-hydrogen) atoms. The van der Waals surface area contributed by atoms with Crippen molar-refractivity contribution in [3.05, 3.63) is 12.2 Å². The number of hydrogen-bond donors (Lipinski definition) is 4. The molecule has 1 saturated heterocycles. The van der Waals surface area contributed by atoms with Crippen LogP contribution in [0, 0.1) is 41.4 Å². The van der Waals surface area contributed by atoms with Gasteiger partial charge in [-0.2, -0.15) is 0 Å². The number of aliphatic hydroxyl groups is 3. The summed E-state index contributed by atoms with van der Waals surface area (Å²) >= 11 is 0. The second kappa shape index (κ2) is 8.05. The van der Waals surface area contributed by atoms with Crippen LogP contribution in [-0.2, 0) is 9.53 Å². The lowest BCUT2D eigenvalue weighted by molar-refractivity contribution is -0.210. The standard InChI is InChI=1S/C22H34O6/c1-11-3-2-4-16-19(15-8-6-13(23)10-18(15)28-20(11)16)14-7-5-12(21(24)25)9-17(14)22(26)27/h5,7,11-21,23-25H,2-4,6,8-10H2,1H3,(H,26,27)/t11-,12?,13?,14+,15?,16?,17?,18+,19?,20?/m0/s1. The van der Waals surface area contributed by atoms with Crippen LogP contribution < -0.4 is 0 Å². The predicted molar refractivity (Wildman–Crippen MR) is 102 cm³/mol. The summed E-state index contributed by atoms with van der Waals surface area (Å²) in [6, 6.07) is 0. The highest BCUT2D eigenvalue weighted by Crippen LogP contribution is 2.54. The molecule has 4 rings (SSSR count). The molecule has 1 aliphatic heterocycles.